The highest BCUT2D eigenvalue weighted by molar-refractivity contribution is 9.10. The third-order valence-corrected chi connectivity index (χ3v) is 5.41. The number of halogens is 1. The Morgan fingerprint density at radius 2 is 1.91 bits per heavy atom. The van der Waals surface area contributed by atoms with Crippen LogP contribution in [0.2, 0.25) is 0 Å². The Bertz CT molecular complexity index is 1270. The highest BCUT2D eigenvalue weighted by atomic mass is 79.9. The van der Waals surface area contributed by atoms with Crippen molar-refractivity contribution in [3.05, 3.63) is 40.1 Å². The molecule has 1 atom stereocenters. The van der Waals surface area contributed by atoms with Gasteiger partial charge in [-0.1, -0.05) is 0 Å². The number of carboxylic acid groups (broad SMARTS) is 2. The minimum atomic E-state index is -1.32. The second kappa shape index (κ2) is 10.2. The van der Waals surface area contributed by atoms with Gasteiger partial charge in [0.15, 0.2) is 17.0 Å². The van der Waals surface area contributed by atoms with Crippen LogP contribution in [0.15, 0.2) is 28.9 Å². The van der Waals surface area contributed by atoms with E-state index in [0.717, 1.165) is 5.69 Å². The molecule has 1 aromatic carbocycles. The number of carbonyl (C=O) groups excluding carboxylic acids is 1. The van der Waals surface area contributed by atoms with Gasteiger partial charge in [0.2, 0.25) is 5.95 Å². The maximum atomic E-state index is 12.5. The van der Waals surface area contributed by atoms with Crippen molar-refractivity contribution in [2.45, 2.75) is 25.4 Å². The molecule has 3 aromatic rings. The summed E-state index contributed by atoms with van der Waals surface area (Å²) in [6.07, 6.45) is 0.935. The summed E-state index contributed by atoms with van der Waals surface area (Å²) in [5, 5.41) is 20.3. The molecule has 0 radical (unpaired) electrons. The van der Waals surface area contributed by atoms with Crippen molar-refractivity contribution in [1.29, 1.82) is 0 Å². The number of hydrogen-bond donors (Lipinski definition) is 5. The number of nitrogens with two attached hydrogens (primary N) is 2. The maximum absolute atomic E-state index is 12.5. The fraction of sp³-hybridized carbons (Fsp3) is 0.250. The van der Waals surface area contributed by atoms with Gasteiger partial charge in [-0.25, -0.2) is 14.8 Å². The van der Waals surface area contributed by atoms with Gasteiger partial charge in [0.05, 0.1) is 24.1 Å². The molecule has 178 valence electrons. The van der Waals surface area contributed by atoms with Crippen LogP contribution < -0.4 is 21.7 Å². The molecule has 3 rings (SSSR count). The molecule has 0 unspecified atom stereocenters. The normalized spacial score (nSPS) is 11.7. The van der Waals surface area contributed by atoms with Gasteiger partial charge in [-0.3, -0.25) is 9.59 Å². The number of nitrogen functional groups attached to an aromatic ring is 2. The van der Waals surface area contributed by atoms with Crippen LogP contribution in [0.4, 0.5) is 17.5 Å². The van der Waals surface area contributed by atoms with Crippen LogP contribution >= 0.6 is 15.9 Å². The third kappa shape index (κ3) is 5.83. The molecule has 0 aliphatic heterocycles. The van der Waals surface area contributed by atoms with E-state index in [2.05, 4.69) is 41.2 Å². The van der Waals surface area contributed by atoms with E-state index in [4.69, 9.17) is 16.6 Å². The number of amides is 1. The van der Waals surface area contributed by atoms with Crippen LogP contribution in [0.5, 0.6) is 0 Å². The third-order valence-electron chi connectivity index (χ3n) is 4.77. The summed E-state index contributed by atoms with van der Waals surface area (Å²) < 4.78 is 0.574. The average Bonchev–Trinajstić information content (AvgIpc) is 2.76. The SMILES string of the molecule is CN(Cc1cnc2nc(N)nc(N)c2n1)c1ccc(C(=O)N[C@@H](CCC(=O)O)C(=O)O)cc1Br. The Labute approximate surface area is 201 Å². The van der Waals surface area contributed by atoms with Crippen LogP contribution in [-0.2, 0) is 16.1 Å². The molecule has 13 nitrogen and oxygen atoms in total. The van der Waals surface area contributed by atoms with Gasteiger partial charge >= 0.3 is 11.9 Å². The van der Waals surface area contributed by atoms with E-state index in [9.17, 15) is 19.5 Å². The Hall–Kier alpha value is -4.07. The molecule has 0 saturated heterocycles. The zero-order valence-electron chi connectivity index (χ0n) is 17.9. The molecule has 0 saturated carbocycles. The lowest BCUT2D eigenvalue weighted by molar-refractivity contribution is -0.140. The van der Waals surface area contributed by atoms with Crippen molar-refractivity contribution in [1.82, 2.24) is 25.3 Å². The number of carboxylic acids is 2. The summed E-state index contributed by atoms with van der Waals surface area (Å²) in [7, 11) is 1.81. The lowest BCUT2D eigenvalue weighted by Crippen LogP contribution is -2.41. The number of anilines is 3. The molecule has 0 aliphatic carbocycles. The lowest BCUT2D eigenvalue weighted by atomic mass is 10.1. The fourth-order valence-electron chi connectivity index (χ4n) is 3.11. The first-order chi connectivity index (χ1) is 16.0. The van der Waals surface area contributed by atoms with Crippen LogP contribution in [0, 0.1) is 0 Å². The van der Waals surface area contributed by atoms with E-state index in [1.54, 1.807) is 19.3 Å². The smallest absolute Gasteiger partial charge is 0.326 e. The van der Waals surface area contributed by atoms with Crippen molar-refractivity contribution >= 4 is 62.4 Å². The molecule has 7 N–H and O–H groups in total. The van der Waals surface area contributed by atoms with Crippen molar-refractivity contribution in [3.63, 3.8) is 0 Å². The summed E-state index contributed by atoms with van der Waals surface area (Å²) in [4.78, 5) is 52.9. The molecule has 0 aliphatic rings. The fourth-order valence-corrected chi connectivity index (χ4v) is 3.79. The summed E-state index contributed by atoms with van der Waals surface area (Å²) in [5.41, 5.74) is 13.6. The van der Waals surface area contributed by atoms with Crippen LogP contribution in [0.25, 0.3) is 11.2 Å². The summed E-state index contributed by atoms with van der Waals surface area (Å²) in [6.45, 7) is 0.340. The first kappa shape index (κ1) is 24.6. The summed E-state index contributed by atoms with van der Waals surface area (Å²) in [6, 6.07) is 3.43. The summed E-state index contributed by atoms with van der Waals surface area (Å²) in [5.74, 6) is -2.96. The first-order valence-electron chi connectivity index (χ1n) is 9.86. The highest BCUT2D eigenvalue weighted by Gasteiger charge is 2.22. The standard InChI is InChI=1S/C20H21BrN8O5/c1-29(8-10-7-24-17-15(25-10)16(22)27-20(23)28-17)13-4-2-9(6-11(13)21)18(32)26-12(19(33)34)3-5-14(30)31/h2,4,6-7,12H,3,5,8H2,1H3,(H,26,32)(H,30,31)(H,33,34)(H4,22,23,24,27,28)/t12-/m0/s1. The molecular weight excluding hydrogens is 512 g/mol. The van der Waals surface area contributed by atoms with E-state index in [0.29, 0.717) is 22.2 Å². The number of hydrogen-bond acceptors (Lipinski definition) is 10. The van der Waals surface area contributed by atoms with Crippen molar-refractivity contribution < 1.29 is 24.6 Å². The zero-order chi connectivity index (χ0) is 25.0. The number of nitrogens with zero attached hydrogens (tertiary/aromatic N) is 5. The number of aromatic nitrogens is 4. The summed E-state index contributed by atoms with van der Waals surface area (Å²) >= 11 is 3.43. The predicted octanol–water partition coefficient (Wildman–Crippen LogP) is 1.03. The number of benzene rings is 1. The first-order valence-corrected chi connectivity index (χ1v) is 10.6. The molecule has 1 amide bonds. The Morgan fingerprint density at radius 1 is 1.18 bits per heavy atom. The van der Waals surface area contributed by atoms with E-state index >= 15 is 0 Å². The van der Waals surface area contributed by atoms with Gasteiger partial charge in [0.25, 0.3) is 5.91 Å². The number of aliphatic carboxylic acids is 2. The molecule has 34 heavy (non-hydrogen) atoms. The van der Waals surface area contributed by atoms with Crippen molar-refractivity contribution in [2.24, 2.45) is 0 Å². The van der Waals surface area contributed by atoms with E-state index in [1.165, 1.54) is 12.1 Å². The van der Waals surface area contributed by atoms with Crippen LogP contribution in [-0.4, -0.2) is 61.1 Å². The highest BCUT2D eigenvalue weighted by Crippen LogP contribution is 2.28. The molecule has 2 heterocycles. The lowest BCUT2D eigenvalue weighted by Gasteiger charge is -2.21. The quantitative estimate of drug-likeness (QED) is 0.261. The number of carbonyl (C=O) groups is 3. The number of fused-ring (bicyclic) bond motifs is 1. The average molecular weight is 533 g/mol. The predicted molar refractivity (Wildman–Crippen MR) is 126 cm³/mol. The van der Waals surface area contributed by atoms with Gasteiger partial charge in [0, 0.05) is 23.5 Å². The molecule has 0 bridgehead atoms. The monoisotopic (exact) mass is 532 g/mol. The molecule has 0 fully saturated rings. The van der Waals surface area contributed by atoms with Gasteiger partial charge in [-0.2, -0.15) is 9.97 Å². The van der Waals surface area contributed by atoms with Crippen molar-refractivity contribution in [2.75, 3.05) is 23.4 Å². The Morgan fingerprint density at radius 3 is 2.56 bits per heavy atom. The zero-order valence-corrected chi connectivity index (χ0v) is 19.5. The van der Waals surface area contributed by atoms with E-state index in [1.807, 2.05) is 4.90 Å². The Kier molecular flexibility index (Phi) is 7.40. The van der Waals surface area contributed by atoms with E-state index in [-0.39, 0.29) is 35.8 Å². The molecule has 14 heteroatoms. The second-order valence-corrected chi connectivity index (χ2v) is 8.17. The molecular formula is C20H21BrN8O5. The minimum absolute atomic E-state index is 0.00814. The molecule has 2 aromatic heterocycles. The van der Waals surface area contributed by atoms with Crippen LogP contribution in [0.3, 0.4) is 0 Å². The number of rotatable bonds is 9. The van der Waals surface area contributed by atoms with E-state index < -0.39 is 23.9 Å². The van der Waals surface area contributed by atoms with Gasteiger partial charge in [0.1, 0.15) is 6.04 Å². The topological polar surface area (TPSA) is 211 Å². The Balaban J connectivity index is 1.74. The molecule has 0 spiro atoms. The second-order valence-electron chi connectivity index (χ2n) is 7.32. The largest absolute Gasteiger partial charge is 0.481 e. The minimum Gasteiger partial charge on any atom is -0.481 e. The van der Waals surface area contributed by atoms with Gasteiger partial charge < -0.3 is 31.9 Å². The van der Waals surface area contributed by atoms with Crippen LogP contribution in [0.1, 0.15) is 28.9 Å². The maximum Gasteiger partial charge on any atom is 0.326 e. The van der Waals surface area contributed by atoms with Crippen molar-refractivity contribution in [3.8, 4) is 0 Å². The number of nitrogens with one attached hydrogen (secondary N) is 1. The van der Waals surface area contributed by atoms with Gasteiger partial charge in [-0.15, -0.1) is 0 Å². The van der Waals surface area contributed by atoms with Gasteiger partial charge in [-0.05, 0) is 40.5 Å².